The van der Waals surface area contributed by atoms with Gasteiger partial charge in [-0.25, -0.2) is 0 Å². The Hall–Kier alpha value is -2.78. The molecule has 1 aliphatic heterocycles. The van der Waals surface area contributed by atoms with Gasteiger partial charge < -0.3 is 10.2 Å². The number of hydrogen-bond acceptors (Lipinski definition) is 2. The fourth-order valence-corrected chi connectivity index (χ4v) is 4.84. The molecule has 1 heterocycles. The molecular weight excluding hydrogens is 416 g/mol. The van der Waals surface area contributed by atoms with Crippen LogP contribution in [0, 0.1) is 5.92 Å². The maximum Gasteiger partial charge on any atom is 0.224 e. The number of hydrogen-bond donors (Lipinski definition) is 1. The van der Waals surface area contributed by atoms with Crippen LogP contribution in [0.4, 0.5) is 11.4 Å². The predicted octanol–water partition coefficient (Wildman–Crippen LogP) is 7.50. The number of nitrogens with one attached hydrogen (secondary N) is 1. The molecule has 2 atom stereocenters. The van der Waals surface area contributed by atoms with Crippen molar-refractivity contribution in [1.82, 2.24) is 0 Å². The first-order chi connectivity index (χ1) is 15.3. The van der Waals surface area contributed by atoms with Crippen LogP contribution in [-0.2, 0) is 11.2 Å². The monoisotopic (exact) mass is 446 g/mol. The quantitative estimate of drug-likeness (QED) is 0.439. The second-order valence-corrected chi connectivity index (χ2v) is 9.68. The zero-order chi connectivity index (χ0) is 22.8. The lowest BCUT2D eigenvalue weighted by Crippen LogP contribution is -2.43. The Morgan fingerprint density at radius 3 is 2.31 bits per heavy atom. The summed E-state index contributed by atoms with van der Waals surface area (Å²) < 4.78 is 0. The summed E-state index contributed by atoms with van der Waals surface area (Å²) >= 11 is 6.07. The summed E-state index contributed by atoms with van der Waals surface area (Å²) in [4.78, 5) is 14.4. The molecule has 0 fully saturated rings. The van der Waals surface area contributed by atoms with E-state index >= 15 is 0 Å². The summed E-state index contributed by atoms with van der Waals surface area (Å²) in [5.41, 5.74) is 6.89. The van der Waals surface area contributed by atoms with Gasteiger partial charge in [-0.2, -0.15) is 0 Å². The Morgan fingerprint density at radius 2 is 1.69 bits per heavy atom. The first-order valence-corrected chi connectivity index (χ1v) is 11.7. The van der Waals surface area contributed by atoms with Crippen molar-refractivity contribution in [2.75, 3.05) is 10.2 Å². The van der Waals surface area contributed by atoms with Crippen molar-refractivity contribution in [3.8, 4) is 11.1 Å². The second kappa shape index (κ2) is 9.38. The van der Waals surface area contributed by atoms with E-state index in [2.05, 4.69) is 68.6 Å². The summed E-state index contributed by atoms with van der Waals surface area (Å²) in [6, 6.07) is 23.3. The highest BCUT2D eigenvalue weighted by atomic mass is 35.5. The van der Waals surface area contributed by atoms with Gasteiger partial charge in [-0.3, -0.25) is 4.79 Å². The molecule has 4 heteroatoms. The van der Waals surface area contributed by atoms with E-state index in [1.165, 1.54) is 16.7 Å². The van der Waals surface area contributed by atoms with Gasteiger partial charge in [0.15, 0.2) is 0 Å². The molecule has 0 aliphatic carbocycles. The van der Waals surface area contributed by atoms with Crippen molar-refractivity contribution >= 4 is 28.9 Å². The van der Waals surface area contributed by atoms with Crippen molar-refractivity contribution in [2.24, 2.45) is 5.92 Å². The molecule has 3 aromatic rings. The third-order valence-electron chi connectivity index (χ3n) is 6.14. The average molecular weight is 447 g/mol. The van der Waals surface area contributed by atoms with Crippen LogP contribution in [0.2, 0.25) is 5.02 Å². The van der Waals surface area contributed by atoms with Crippen molar-refractivity contribution in [3.05, 3.63) is 82.9 Å². The fraction of sp³-hybridized carbons (Fsp3) is 0.321. The molecule has 1 amide bonds. The number of carbonyl (C=O) groups excluding carboxylic acids is 1. The van der Waals surface area contributed by atoms with Gasteiger partial charge in [-0.05, 0) is 84.3 Å². The molecule has 166 valence electrons. The van der Waals surface area contributed by atoms with Gasteiger partial charge in [0.25, 0.3) is 0 Å². The van der Waals surface area contributed by atoms with E-state index in [1.54, 1.807) is 6.92 Å². The summed E-state index contributed by atoms with van der Waals surface area (Å²) in [7, 11) is 0. The molecule has 32 heavy (non-hydrogen) atoms. The molecule has 0 saturated heterocycles. The number of benzene rings is 3. The molecule has 2 unspecified atom stereocenters. The summed E-state index contributed by atoms with van der Waals surface area (Å²) in [6.07, 6.45) is 1.93. The molecular formula is C28H31ClN2O. The Balaban J connectivity index is 1.71. The van der Waals surface area contributed by atoms with Crippen LogP contribution in [0.25, 0.3) is 11.1 Å². The Labute approximate surface area is 196 Å². The summed E-state index contributed by atoms with van der Waals surface area (Å²) in [6.45, 7) is 8.25. The van der Waals surface area contributed by atoms with Crippen molar-refractivity contribution in [3.63, 3.8) is 0 Å². The molecule has 3 aromatic carbocycles. The number of amides is 1. The summed E-state index contributed by atoms with van der Waals surface area (Å²) in [5.74, 6) is 0.721. The van der Waals surface area contributed by atoms with E-state index in [1.807, 2.05) is 29.2 Å². The van der Waals surface area contributed by atoms with Crippen LogP contribution in [0.1, 0.15) is 51.3 Å². The number of carbonyl (C=O) groups is 1. The Morgan fingerprint density at radius 1 is 1.03 bits per heavy atom. The van der Waals surface area contributed by atoms with E-state index < -0.39 is 0 Å². The molecule has 3 nitrogen and oxygen atoms in total. The van der Waals surface area contributed by atoms with Gasteiger partial charge in [0, 0.05) is 29.4 Å². The largest absolute Gasteiger partial charge is 0.378 e. The van der Waals surface area contributed by atoms with Crippen molar-refractivity contribution in [1.29, 1.82) is 0 Å². The van der Waals surface area contributed by atoms with E-state index in [9.17, 15) is 4.79 Å². The summed E-state index contributed by atoms with van der Waals surface area (Å²) in [5, 5.41) is 4.39. The number of fused-ring (bicyclic) bond motifs is 1. The van der Waals surface area contributed by atoms with Gasteiger partial charge in [0.05, 0.1) is 6.04 Å². The van der Waals surface area contributed by atoms with Gasteiger partial charge in [0.1, 0.15) is 0 Å². The maximum atomic E-state index is 12.4. The molecule has 0 aromatic heterocycles. The zero-order valence-corrected chi connectivity index (χ0v) is 20.0. The highest BCUT2D eigenvalue weighted by Gasteiger charge is 2.32. The molecule has 0 spiro atoms. The van der Waals surface area contributed by atoms with Crippen LogP contribution in [0.15, 0.2) is 66.7 Å². The zero-order valence-electron chi connectivity index (χ0n) is 19.2. The lowest BCUT2D eigenvalue weighted by molar-refractivity contribution is -0.117. The molecule has 0 bridgehead atoms. The van der Waals surface area contributed by atoms with Crippen molar-refractivity contribution in [2.45, 2.75) is 52.6 Å². The van der Waals surface area contributed by atoms with E-state index in [0.29, 0.717) is 5.92 Å². The molecule has 1 N–H and O–H groups in total. The van der Waals surface area contributed by atoms with E-state index in [-0.39, 0.29) is 18.0 Å². The number of nitrogens with zero attached hydrogens (tertiary/aromatic N) is 1. The third kappa shape index (κ3) is 4.83. The van der Waals surface area contributed by atoms with E-state index in [4.69, 9.17) is 11.6 Å². The molecule has 0 radical (unpaired) electrons. The highest BCUT2D eigenvalue weighted by Crippen LogP contribution is 2.41. The maximum absolute atomic E-state index is 12.4. The normalized spacial score (nSPS) is 17.9. The van der Waals surface area contributed by atoms with Crippen LogP contribution in [0.3, 0.4) is 0 Å². The minimum atomic E-state index is 0.0782. The lowest BCUT2D eigenvalue weighted by Gasteiger charge is -2.39. The number of rotatable bonds is 5. The fourth-order valence-electron chi connectivity index (χ4n) is 4.71. The van der Waals surface area contributed by atoms with E-state index in [0.717, 1.165) is 34.8 Å². The van der Waals surface area contributed by atoms with Crippen LogP contribution in [0.5, 0.6) is 0 Å². The van der Waals surface area contributed by atoms with Crippen molar-refractivity contribution < 1.29 is 4.79 Å². The first-order valence-electron chi connectivity index (χ1n) is 11.4. The number of halogens is 1. The Kier molecular flexibility index (Phi) is 6.57. The smallest absolute Gasteiger partial charge is 0.224 e. The minimum Gasteiger partial charge on any atom is -0.378 e. The number of anilines is 2. The molecule has 1 aliphatic rings. The average Bonchev–Trinajstić information content (AvgIpc) is 2.75. The minimum absolute atomic E-state index is 0.0782. The SMILES string of the molecule is CC(=O)N1c2ccc(-c3ccc(CC(C)C)cc3)cc2C(Nc2ccc(Cl)cc2)CC1C. The standard InChI is InChI=1S/C28H31ClN2O/c1-18(2)15-21-5-7-22(8-6-21)23-9-14-28-26(17-23)27(16-19(3)31(28)20(4)32)30-25-12-10-24(29)11-13-25/h5-14,17-19,27,30H,15-16H2,1-4H3. The van der Waals surface area contributed by atoms with Crippen LogP contribution >= 0.6 is 11.6 Å². The second-order valence-electron chi connectivity index (χ2n) is 9.25. The lowest BCUT2D eigenvalue weighted by atomic mass is 9.88. The highest BCUT2D eigenvalue weighted by molar-refractivity contribution is 6.30. The Bertz CT molecular complexity index is 1090. The molecule has 0 saturated carbocycles. The van der Waals surface area contributed by atoms with Gasteiger partial charge in [-0.15, -0.1) is 0 Å². The van der Waals surface area contributed by atoms with Gasteiger partial charge in [-0.1, -0.05) is 55.8 Å². The van der Waals surface area contributed by atoms with Gasteiger partial charge >= 0.3 is 0 Å². The predicted molar refractivity (Wildman–Crippen MR) is 135 cm³/mol. The molecule has 4 rings (SSSR count). The topological polar surface area (TPSA) is 32.3 Å². The van der Waals surface area contributed by atoms with Crippen LogP contribution in [-0.4, -0.2) is 11.9 Å². The van der Waals surface area contributed by atoms with Crippen LogP contribution < -0.4 is 10.2 Å². The van der Waals surface area contributed by atoms with Gasteiger partial charge in [0.2, 0.25) is 5.91 Å². The first kappa shape index (κ1) is 22.4. The third-order valence-corrected chi connectivity index (χ3v) is 6.39.